The zero-order chi connectivity index (χ0) is 24.0. The van der Waals surface area contributed by atoms with Crippen LogP contribution in [0.3, 0.4) is 0 Å². The monoisotopic (exact) mass is 520 g/mol. The predicted molar refractivity (Wildman–Crippen MR) is 122 cm³/mol. The van der Waals surface area contributed by atoms with E-state index in [0.717, 1.165) is 27.7 Å². The van der Waals surface area contributed by atoms with Gasteiger partial charge in [0.05, 0.1) is 5.56 Å². The molecule has 0 amide bonds. The fraction of sp³-hybridized carbons (Fsp3) is 0.160. The van der Waals surface area contributed by atoms with Crippen LogP contribution in [0.1, 0.15) is 22.3 Å². The Morgan fingerprint density at radius 1 is 0.970 bits per heavy atom. The molecule has 3 aromatic rings. The van der Waals surface area contributed by atoms with Gasteiger partial charge in [0, 0.05) is 4.47 Å². The SMILES string of the molecule is Cc1cc(OC/C=C(/c2ccc(Br)cc2)c2ccc(C(F)(F)F)cc2)ccc1OCC(=O)O. The van der Waals surface area contributed by atoms with E-state index in [1.165, 1.54) is 12.1 Å². The summed E-state index contributed by atoms with van der Waals surface area (Å²) in [5.74, 6) is -0.0711. The number of rotatable bonds is 8. The molecule has 0 fully saturated rings. The van der Waals surface area contributed by atoms with Crippen molar-refractivity contribution in [3.8, 4) is 11.5 Å². The highest BCUT2D eigenvalue weighted by atomic mass is 79.9. The molecule has 0 spiro atoms. The van der Waals surface area contributed by atoms with Gasteiger partial charge in [0.15, 0.2) is 6.61 Å². The number of benzene rings is 3. The fourth-order valence-corrected chi connectivity index (χ4v) is 3.37. The Morgan fingerprint density at radius 3 is 2.12 bits per heavy atom. The van der Waals surface area contributed by atoms with E-state index in [9.17, 15) is 18.0 Å². The quantitative estimate of drug-likeness (QED) is 0.357. The van der Waals surface area contributed by atoms with Gasteiger partial charge in [-0.2, -0.15) is 13.2 Å². The average molecular weight is 521 g/mol. The molecule has 8 heteroatoms. The number of aryl methyl sites for hydroxylation is 1. The van der Waals surface area contributed by atoms with E-state index in [-0.39, 0.29) is 6.61 Å². The van der Waals surface area contributed by atoms with Gasteiger partial charge in [-0.1, -0.05) is 40.2 Å². The molecule has 0 unspecified atom stereocenters. The van der Waals surface area contributed by atoms with Crippen LogP contribution in [-0.4, -0.2) is 24.3 Å². The van der Waals surface area contributed by atoms with E-state index in [1.54, 1.807) is 31.2 Å². The second-order valence-corrected chi connectivity index (χ2v) is 8.04. The summed E-state index contributed by atoms with van der Waals surface area (Å²) in [6.45, 7) is 1.50. The minimum Gasteiger partial charge on any atom is -0.489 e. The largest absolute Gasteiger partial charge is 0.489 e. The van der Waals surface area contributed by atoms with Gasteiger partial charge in [0.1, 0.15) is 18.1 Å². The number of halogens is 4. The van der Waals surface area contributed by atoms with Crippen LogP contribution in [0.15, 0.2) is 77.3 Å². The molecule has 0 atom stereocenters. The van der Waals surface area contributed by atoms with Crippen LogP contribution >= 0.6 is 15.9 Å². The third kappa shape index (κ3) is 6.86. The van der Waals surface area contributed by atoms with Gasteiger partial charge in [0.25, 0.3) is 0 Å². The molecule has 0 aromatic heterocycles. The number of carboxylic acids is 1. The van der Waals surface area contributed by atoms with Crippen molar-refractivity contribution in [3.63, 3.8) is 0 Å². The molecule has 3 aromatic carbocycles. The summed E-state index contributed by atoms with van der Waals surface area (Å²) in [5.41, 5.74) is 2.19. The molecule has 0 saturated heterocycles. The van der Waals surface area contributed by atoms with Gasteiger partial charge in [-0.05, 0) is 77.7 Å². The predicted octanol–water partition coefficient (Wildman–Crippen LogP) is 6.75. The minimum absolute atomic E-state index is 0.168. The lowest BCUT2D eigenvalue weighted by Gasteiger charge is -2.13. The first kappa shape index (κ1) is 24.4. The van der Waals surface area contributed by atoms with E-state index in [0.29, 0.717) is 22.6 Å². The maximum atomic E-state index is 12.9. The smallest absolute Gasteiger partial charge is 0.416 e. The molecule has 33 heavy (non-hydrogen) atoms. The van der Waals surface area contributed by atoms with Gasteiger partial charge < -0.3 is 14.6 Å². The summed E-state index contributed by atoms with van der Waals surface area (Å²) in [4.78, 5) is 10.7. The Labute approximate surface area is 197 Å². The minimum atomic E-state index is -4.40. The molecule has 0 aliphatic heterocycles. The molecule has 1 N–H and O–H groups in total. The van der Waals surface area contributed by atoms with Crippen molar-refractivity contribution in [3.05, 3.63) is 99.5 Å². The van der Waals surface area contributed by atoms with Crippen LogP contribution in [0, 0.1) is 6.92 Å². The van der Waals surface area contributed by atoms with E-state index < -0.39 is 24.3 Å². The van der Waals surface area contributed by atoms with E-state index in [2.05, 4.69) is 15.9 Å². The molecule has 0 aliphatic rings. The molecule has 4 nitrogen and oxygen atoms in total. The van der Waals surface area contributed by atoms with Crippen LogP contribution in [0.4, 0.5) is 13.2 Å². The van der Waals surface area contributed by atoms with Gasteiger partial charge in [-0.25, -0.2) is 4.79 Å². The van der Waals surface area contributed by atoms with E-state index in [4.69, 9.17) is 14.6 Å². The van der Waals surface area contributed by atoms with Gasteiger partial charge in [-0.3, -0.25) is 0 Å². The number of carboxylic acid groups (broad SMARTS) is 1. The van der Waals surface area contributed by atoms with E-state index >= 15 is 0 Å². The second kappa shape index (κ2) is 10.6. The molecular formula is C25H20BrF3O4. The van der Waals surface area contributed by atoms with Crippen LogP contribution in [0.5, 0.6) is 11.5 Å². The average Bonchev–Trinajstić information content (AvgIpc) is 2.76. The lowest BCUT2D eigenvalue weighted by molar-refractivity contribution is -0.139. The number of ether oxygens (including phenoxy) is 2. The Balaban J connectivity index is 1.81. The zero-order valence-corrected chi connectivity index (χ0v) is 19.1. The van der Waals surface area contributed by atoms with Crippen LogP contribution in [-0.2, 0) is 11.0 Å². The van der Waals surface area contributed by atoms with Crippen LogP contribution in [0.25, 0.3) is 5.57 Å². The first-order valence-electron chi connectivity index (χ1n) is 9.85. The first-order chi connectivity index (χ1) is 15.6. The summed E-state index contributed by atoms with van der Waals surface area (Å²) in [5, 5.41) is 8.73. The molecule has 172 valence electrons. The van der Waals surface area contributed by atoms with Crippen molar-refractivity contribution in [2.75, 3.05) is 13.2 Å². The number of carbonyl (C=O) groups is 1. The fourth-order valence-electron chi connectivity index (χ4n) is 3.10. The van der Waals surface area contributed by atoms with Crippen molar-refractivity contribution >= 4 is 27.5 Å². The highest BCUT2D eigenvalue weighted by Gasteiger charge is 2.30. The summed E-state index contributed by atoms with van der Waals surface area (Å²) in [6, 6.07) is 17.5. The molecule has 0 radical (unpaired) electrons. The highest BCUT2D eigenvalue weighted by molar-refractivity contribution is 9.10. The third-order valence-electron chi connectivity index (χ3n) is 4.71. The van der Waals surface area contributed by atoms with Crippen LogP contribution < -0.4 is 9.47 Å². The zero-order valence-electron chi connectivity index (χ0n) is 17.5. The Kier molecular flexibility index (Phi) is 7.81. The standard InChI is InChI=1S/C25H20BrF3O4/c1-16-14-21(10-11-23(16)33-15-24(30)31)32-13-12-22(18-4-8-20(26)9-5-18)17-2-6-19(7-3-17)25(27,28)29/h2-12,14H,13,15H2,1H3,(H,30,31)/b22-12+. The number of aliphatic carboxylic acids is 1. The molecule has 0 aliphatic carbocycles. The maximum absolute atomic E-state index is 12.9. The lowest BCUT2D eigenvalue weighted by Crippen LogP contribution is -2.10. The Morgan fingerprint density at radius 2 is 1.58 bits per heavy atom. The number of alkyl halides is 3. The topological polar surface area (TPSA) is 55.8 Å². The second-order valence-electron chi connectivity index (χ2n) is 7.12. The summed E-state index contributed by atoms with van der Waals surface area (Å²) in [6.07, 6.45) is -2.60. The van der Waals surface area contributed by atoms with Gasteiger partial charge >= 0.3 is 12.1 Å². The first-order valence-corrected chi connectivity index (χ1v) is 10.6. The molecule has 3 rings (SSSR count). The summed E-state index contributed by atoms with van der Waals surface area (Å²) >= 11 is 3.38. The highest BCUT2D eigenvalue weighted by Crippen LogP contribution is 2.32. The third-order valence-corrected chi connectivity index (χ3v) is 5.24. The number of hydrogen-bond donors (Lipinski definition) is 1. The molecular weight excluding hydrogens is 501 g/mol. The van der Waals surface area contributed by atoms with Crippen molar-refractivity contribution in [1.82, 2.24) is 0 Å². The Hall–Kier alpha value is -3.26. The van der Waals surface area contributed by atoms with Crippen LogP contribution in [0.2, 0.25) is 0 Å². The summed E-state index contributed by atoms with van der Waals surface area (Å²) in [7, 11) is 0. The van der Waals surface area contributed by atoms with Crippen molar-refractivity contribution in [2.24, 2.45) is 0 Å². The van der Waals surface area contributed by atoms with Crippen molar-refractivity contribution in [2.45, 2.75) is 13.1 Å². The lowest BCUT2D eigenvalue weighted by atomic mass is 9.96. The summed E-state index contributed by atoms with van der Waals surface area (Å²) < 4.78 is 50.7. The molecule has 0 saturated carbocycles. The normalized spacial score (nSPS) is 11.8. The number of hydrogen-bond acceptors (Lipinski definition) is 3. The Bertz CT molecular complexity index is 1140. The molecule has 0 bridgehead atoms. The maximum Gasteiger partial charge on any atom is 0.416 e. The van der Waals surface area contributed by atoms with Crippen molar-refractivity contribution < 1.29 is 32.5 Å². The molecule has 0 heterocycles. The van der Waals surface area contributed by atoms with E-state index in [1.807, 2.05) is 24.3 Å². The van der Waals surface area contributed by atoms with Gasteiger partial charge in [0.2, 0.25) is 0 Å². The van der Waals surface area contributed by atoms with Gasteiger partial charge in [-0.15, -0.1) is 0 Å². The van der Waals surface area contributed by atoms with Crippen molar-refractivity contribution in [1.29, 1.82) is 0 Å².